The van der Waals surface area contributed by atoms with E-state index < -0.39 is 0 Å². The van der Waals surface area contributed by atoms with Crippen molar-refractivity contribution in [2.75, 3.05) is 0 Å². The van der Waals surface area contributed by atoms with E-state index in [2.05, 4.69) is 20.8 Å². The molecule has 0 aromatic carbocycles. The monoisotopic (exact) mass is 172 g/mol. The molecule has 0 aromatic rings. The van der Waals surface area contributed by atoms with E-state index in [-0.39, 0.29) is 6.17 Å². The highest BCUT2D eigenvalue weighted by molar-refractivity contribution is 4.60. The molecule has 0 radical (unpaired) electrons. The van der Waals surface area contributed by atoms with Crippen molar-refractivity contribution in [3.63, 3.8) is 0 Å². The summed E-state index contributed by atoms with van der Waals surface area (Å²) in [5, 5.41) is 0. The molecule has 2 nitrogen and oxygen atoms in total. The quantitative estimate of drug-likeness (QED) is 0.603. The van der Waals surface area contributed by atoms with E-state index in [4.69, 9.17) is 11.5 Å². The molecular weight excluding hydrogens is 148 g/mol. The second-order valence-corrected chi connectivity index (χ2v) is 4.33. The molecule has 12 heavy (non-hydrogen) atoms. The molecule has 0 aliphatic carbocycles. The SMILES string of the molecule is CC(C)CCC[C@H](C)CC(N)N. The zero-order chi connectivity index (χ0) is 9.56. The van der Waals surface area contributed by atoms with Crippen LogP contribution in [0.4, 0.5) is 0 Å². The van der Waals surface area contributed by atoms with Crippen LogP contribution in [0, 0.1) is 11.8 Å². The van der Waals surface area contributed by atoms with Crippen LogP contribution in [0.5, 0.6) is 0 Å². The minimum absolute atomic E-state index is 0.126. The van der Waals surface area contributed by atoms with E-state index in [0.29, 0.717) is 5.92 Å². The summed E-state index contributed by atoms with van der Waals surface area (Å²) in [6.45, 7) is 6.76. The van der Waals surface area contributed by atoms with E-state index in [9.17, 15) is 0 Å². The van der Waals surface area contributed by atoms with Gasteiger partial charge in [0, 0.05) is 0 Å². The molecule has 0 fully saturated rings. The minimum Gasteiger partial charge on any atom is -0.316 e. The van der Waals surface area contributed by atoms with Crippen molar-refractivity contribution >= 4 is 0 Å². The van der Waals surface area contributed by atoms with Crippen LogP contribution in [0.15, 0.2) is 0 Å². The third-order valence-electron chi connectivity index (χ3n) is 2.15. The molecule has 0 aromatic heterocycles. The van der Waals surface area contributed by atoms with Crippen molar-refractivity contribution in [2.45, 2.75) is 52.6 Å². The summed E-state index contributed by atoms with van der Waals surface area (Å²) < 4.78 is 0. The Labute approximate surface area is 76.7 Å². The number of hydrogen-bond donors (Lipinski definition) is 2. The molecule has 0 amide bonds. The van der Waals surface area contributed by atoms with Crippen molar-refractivity contribution in [3.8, 4) is 0 Å². The molecular formula is C10H24N2. The highest BCUT2D eigenvalue weighted by Crippen LogP contribution is 2.14. The van der Waals surface area contributed by atoms with Gasteiger partial charge in [-0.25, -0.2) is 0 Å². The average Bonchev–Trinajstić information content (AvgIpc) is 1.84. The lowest BCUT2D eigenvalue weighted by Crippen LogP contribution is -2.32. The lowest BCUT2D eigenvalue weighted by Gasteiger charge is -2.14. The van der Waals surface area contributed by atoms with Gasteiger partial charge < -0.3 is 11.5 Å². The first-order chi connectivity index (χ1) is 5.52. The molecule has 0 aliphatic rings. The van der Waals surface area contributed by atoms with E-state index >= 15 is 0 Å². The molecule has 0 bridgehead atoms. The van der Waals surface area contributed by atoms with Crippen molar-refractivity contribution in [2.24, 2.45) is 23.3 Å². The highest BCUT2D eigenvalue weighted by Gasteiger charge is 2.05. The maximum Gasteiger partial charge on any atom is 0.0523 e. The van der Waals surface area contributed by atoms with Gasteiger partial charge in [0.2, 0.25) is 0 Å². The fourth-order valence-corrected chi connectivity index (χ4v) is 1.46. The van der Waals surface area contributed by atoms with Crippen LogP contribution in [-0.4, -0.2) is 6.17 Å². The Morgan fingerprint density at radius 2 is 1.58 bits per heavy atom. The maximum atomic E-state index is 5.50. The zero-order valence-corrected chi connectivity index (χ0v) is 8.72. The summed E-state index contributed by atoms with van der Waals surface area (Å²) >= 11 is 0. The Kier molecular flexibility index (Phi) is 6.39. The predicted molar refractivity (Wildman–Crippen MR) is 54.6 cm³/mol. The smallest absolute Gasteiger partial charge is 0.0523 e. The fraction of sp³-hybridized carbons (Fsp3) is 1.00. The Hall–Kier alpha value is -0.0800. The van der Waals surface area contributed by atoms with E-state index in [1.54, 1.807) is 0 Å². The molecule has 2 heteroatoms. The molecule has 74 valence electrons. The van der Waals surface area contributed by atoms with Gasteiger partial charge in [-0.3, -0.25) is 0 Å². The molecule has 0 unspecified atom stereocenters. The van der Waals surface area contributed by atoms with E-state index in [0.717, 1.165) is 12.3 Å². The third-order valence-corrected chi connectivity index (χ3v) is 2.15. The van der Waals surface area contributed by atoms with Gasteiger partial charge in [-0.05, 0) is 18.3 Å². The van der Waals surface area contributed by atoms with Gasteiger partial charge in [0.05, 0.1) is 6.17 Å². The highest BCUT2D eigenvalue weighted by atomic mass is 14.8. The van der Waals surface area contributed by atoms with Gasteiger partial charge in [0.15, 0.2) is 0 Å². The first-order valence-corrected chi connectivity index (χ1v) is 5.03. The molecule has 0 saturated heterocycles. The molecule has 4 N–H and O–H groups in total. The third kappa shape index (κ3) is 8.02. The lowest BCUT2D eigenvalue weighted by molar-refractivity contribution is 0.408. The largest absolute Gasteiger partial charge is 0.316 e. The van der Waals surface area contributed by atoms with E-state index in [1.807, 2.05) is 0 Å². The first-order valence-electron chi connectivity index (χ1n) is 5.03. The molecule has 1 atom stereocenters. The van der Waals surface area contributed by atoms with Gasteiger partial charge in [-0.2, -0.15) is 0 Å². The summed E-state index contributed by atoms with van der Waals surface area (Å²) in [5.41, 5.74) is 11.0. The maximum absolute atomic E-state index is 5.50. The summed E-state index contributed by atoms with van der Waals surface area (Å²) in [6.07, 6.45) is 4.73. The van der Waals surface area contributed by atoms with Crippen LogP contribution < -0.4 is 11.5 Å². The molecule has 0 spiro atoms. The minimum atomic E-state index is -0.126. The number of rotatable bonds is 6. The summed E-state index contributed by atoms with van der Waals surface area (Å²) in [5.74, 6) is 1.51. The van der Waals surface area contributed by atoms with Crippen molar-refractivity contribution < 1.29 is 0 Å². The summed E-state index contributed by atoms with van der Waals surface area (Å²) in [7, 11) is 0. The standard InChI is InChI=1S/C10H24N2/c1-8(2)5-4-6-9(3)7-10(11)12/h8-10H,4-7,11-12H2,1-3H3/t9-/m0/s1. The average molecular weight is 172 g/mol. The Bertz CT molecular complexity index is 100. The second kappa shape index (κ2) is 6.44. The van der Waals surface area contributed by atoms with Crippen LogP contribution in [0.1, 0.15) is 46.5 Å². The number of nitrogens with two attached hydrogens (primary N) is 2. The van der Waals surface area contributed by atoms with E-state index in [1.165, 1.54) is 19.3 Å². The Morgan fingerprint density at radius 3 is 2.00 bits per heavy atom. The van der Waals surface area contributed by atoms with Crippen LogP contribution in [0.3, 0.4) is 0 Å². The fourth-order valence-electron chi connectivity index (χ4n) is 1.46. The van der Waals surface area contributed by atoms with Gasteiger partial charge >= 0.3 is 0 Å². The molecule has 0 heterocycles. The molecule has 0 rings (SSSR count). The normalized spacial score (nSPS) is 14.2. The van der Waals surface area contributed by atoms with Crippen LogP contribution in [0.2, 0.25) is 0 Å². The molecule has 0 aliphatic heterocycles. The Balaban J connectivity index is 3.25. The van der Waals surface area contributed by atoms with Crippen molar-refractivity contribution in [1.82, 2.24) is 0 Å². The first kappa shape index (κ1) is 11.9. The van der Waals surface area contributed by atoms with Gasteiger partial charge in [-0.1, -0.05) is 40.0 Å². The van der Waals surface area contributed by atoms with Gasteiger partial charge in [0.1, 0.15) is 0 Å². The van der Waals surface area contributed by atoms with Crippen molar-refractivity contribution in [3.05, 3.63) is 0 Å². The topological polar surface area (TPSA) is 52.0 Å². The van der Waals surface area contributed by atoms with Crippen molar-refractivity contribution in [1.29, 1.82) is 0 Å². The number of hydrogen-bond acceptors (Lipinski definition) is 2. The zero-order valence-electron chi connectivity index (χ0n) is 8.72. The second-order valence-electron chi connectivity index (χ2n) is 4.33. The molecule has 0 saturated carbocycles. The summed E-state index contributed by atoms with van der Waals surface area (Å²) in [4.78, 5) is 0. The lowest BCUT2D eigenvalue weighted by atomic mass is 9.96. The Morgan fingerprint density at radius 1 is 1.00 bits per heavy atom. The van der Waals surface area contributed by atoms with Crippen LogP contribution in [-0.2, 0) is 0 Å². The van der Waals surface area contributed by atoms with Gasteiger partial charge in [-0.15, -0.1) is 0 Å². The summed E-state index contributed by atoms with van der Waals surface area (Å²) in [6, 6.07) is 0. The van der Waals surface area contributed by atoms with Crippen LogP contribution in [0.25, 0.3) is 0 Å². The van der Waals surface area contributed by atoms with Crippen LogP contribution >= 0.6 is 0 Å². The van der Waals surface area contributed by atoms with Gasteiger partial charge in [0.25, 0.3) is 0 Å². The predicted octanol–water partition coefficient (Wildman–Crippen LogP) is 2.08.